The molecule has 0 bridgehead atoms. The molecule has 0 saturated carbocycles. The average molecular weight is 392 g/mol. The average Bonchev–Trinajstić information content (AvgIpc) is 2.95. The van der Waals surface area contributed by atoms with Crippen LogP contribution in [0.25, 0.3) is 11.0 Å². The van der Waals surface area contributed by atoms with Crippen LogP contribution in [0.3, 0.4) is 0 Å². The fourth-order valence-electron chi connectivity index (χ4n) is 2.03. The second-order valence-electron chi connectivity index (χ2n) is 4.77. The largest absolute Gasteiger partial charge is 0.497 e. The number of benzene rings is 2. The number of nitrogens with zero attached hydrogens (tertiary/aromatic N) is 1. The zero-order valence-electron chi connectivity index (χ0n) is 12.3. The number of hydrogen-bond acceptors (Lipinski definition) is 4. The Balaban J connectivity index is 1.58. The lowest BCUT2D eigenvalue weighted by atomic mass is 10.3. The van der Waals surface area contributed by atoms with Gasteiger partial charge < -0.3 is 15.0 Å². The quantitative estimate of drug-likeness (QED) is 0.643. The Bertz CT molecular complexity index is 833. The molecule has 1 amide bonds. The van der Waals surface area contributed by atoms with Gasteiger partial charge in [0, 0.05) is 10.2 Å². The van der Waals surface area contributed by atoms with Crippen LogP contribution in [-0.2, 0) is 4.79 Å². The third-order valence-corrected chi connectivity index (χ3v) is 4.50. The first-order valence-electron chi connectivity index (χ1n) is 6.86. The van der Waals surface area contributed by atoms with Gasteiger partial charge in [0.2, 0.25) is 5.91 Å². The van der Waals surface area contributed by atoms with E-state index in [1.807, 2.05) is 18.2 Å². The maximum absolute atomic E-state index is 12.0. The molecule has 0 saturated heterocycles. The van der Waals surface area contributed by atoms with Gasteiger partial charge in [-0.3, -0.25) is 4.79 Å². The molecule has 7 heteroatoms. The van der Waals surface area contributed by atoms with Gasteiger partial charge in [-0.2, -0.15) is 0 Å². The molecule has 0 aliphatic carbocycles. The fraction of sp³-hybridized carbons (Fsp3) is 0.125. The highest BCUT2D eigenvalue weighted by Gasteiger charge is 2.08. The van der Waals surface area contributed by atoms with Crippen LogP contribution >= 0.6 is 27.7 Å². The lowest BCUT2D eigenvalue weighted by Gasteiger charge is -2.05. The zero-order valence-corrected chi connectivity index (χ0v) is 14.7. The maximum atomic E-state index is 12.0. The molecule has 0 unspecified atom stereocenters. The van der Waals surface area contributed by atoms with E-state index in [0.29, 0.717) is 0 Å². The lowest BCUT2D eigenvalue weighted by molar-refractivity contribution is -0.113. The normalized spacial score (nSPS) is 10.7. The van der Waals surface area contributed by atoms with Crippen LogP contribution in [0.5, 0.6) is 5.75 Å². The van der Waals surface area contributed by atoms with Crippen LogP contribution in [0.2, 0.25) is 0 Å². The summed E-state index contributed by atoms with van der Waals surface area (Å²) >= 11 is 4.79. The van der Waals surface area contributed by atoms with Crippen molar-refractivity contribution in [3.05, 3.63) is 46.9 Å². The van der Waals surface area contributed by atoms with Crippen molar-refractivity contribution >= 4 is 50.3 Å². The molecule has 118 valence electrons. The van der Waals surface area contributed by atoms with Crippen LogP contribution in [0, 0.1) is 0 Å². The topological polar surface area (TPSA) is 67.0 Å². The summed E-state index contributed by atoms with van der Waals surface area (Å²) in [5.41, 5.74) is 2.56. The van der Waals surface area contributed by atoms with Crippen molar-refractivity contribution in [2.75, 3.05) is 18.2 Å². The molecule has 0 fully saturated rings. The van der Waals surface area contributed by atoms with Gasteiger partial charge in [-0.15, -0.1) is 0 Å². The van der Waals surface area contributed by atoms with Crippen molar-refractivity contribution in [3.63, 3.8) is 0 Å². The number of carbonyl (C=O) groups is 1. The van der Waals surface area contributed by atoms with Gasteiger partial charge in [-0.1, -0.05) is 27.7 Å². The van der Waals surface area contributed by atoms with Crippen LogP contribution in [0.1, 0.15) is 0 Å². The van der Waals surface area contributed by atoms with Crippen molar-refractivity contribution in [2.45, 2.75) is 5.16 Å². The van der Waals surface area contributed by atoms with E-state index in [4.69, 9.17) is 4.74 Å². The first-order valence-corrected chi connectivity index (χ1v) is 8.64. The molecule has 23 heavy (non-hydrogen) atoms. The number of hydrogen-bond donors (Lipinski definition) is 2. The van der Waals surface area contributed by atoms with Crippen LogP contribution in [-0.4, -0.2) is 28.7 Å². The van der Waals surface area contributed by atoms with Gasteiger partial charge in [-0.25, -0.2) is 4.98 Å². The number of anilines is 1. The summed E-state index contributed by atoms with van der Waals surface area (Å²) in [6.45, 7) is 0. The van der Waals surface area contributed by atoms with Crippen molar-refractivity contribution in [1.29, 1.82) is 0 Å². The molecule has 3 aromatic rings. The van der Waals surface area contributed by atoms with E-state index in [0.717, 1.165) is 32.1 Å². The molecule has 0 aliphatic rings. The van der Waals surface area contributed by atoms with Gasteiger partial charge in [0.1, 0.15) is 5.75 Å². The van der Waals surface area contributed by atoms with E-state index >= 15 is 0 Å². The van der Waals surface area contributed by atoms with Gasteiger partial charge in [0.25, 0.3) is 0 Å². The number of aromatic nitrogens is 2. The summed E-state index contributed by atoms with van der Waals surface area (Å²) in [5.74, 6) is 0.958. The number of nitrogens with one attached hydrogen (secondary N) is 2. The molecule has 1 heterocycles. The molecule has 0 atom stereocenters. The number of methoxy groups -OCH3 is 1. The molecule has 3 rings (SSSR count). The number of fused-ring (bicyclic) bond motifs is 1. The first kappa shape index (κ1) is 15.9. The highest BCUT2D eigenvalue weighted by Crippen LogP contribution is 2.22. The SMILES string of the molecule is COc1ccc(NC(=O)CSc2nc3ccc(Br)cc3[nH]2)cc1. The third-order valence-electron chi connectivity index (χ3n) is 3.14. The summed E-state index contributed by atoms with van der Waals surface area (Å²) in [7, 11) is 1.61. The van der Waals surface area contributed by atoms with Gasteiger partial charge in [0.05, 0.1) is 23.9 Å². The molecule has 2 aromatic carbocycles. The number of halogens is 1. The number of ether oxygens (including phenoxy) is 1. The Kier molecular flexibility index (Phi) is 4.88. The molecule has 2 N–H and O–H groups in total. The predicted molar refractivity (Wildman–Crippen MR) is 96.1 cm³/mol. The smallest absolute Gasteiger partial charge is 0.234 e. The second-order valence-corrected chi connectivity index (χ2v) is 6.65. The van der Waals surface area contributed by atoms with E-state index in [1.54, 1.807) is 31.4 Å². The Morgan fingerprint density at radius 2 is 2.09 bits per heavy atom. The summed E-state index contributed by atoms with van der Waals surface area (Å²) < 4.78 is 6.07. The summed E-state index contributed by atoms with van der Waals surface area (Å²) in [6, 6.07) is 13.1. The van der Waals surface area contributed by atoms with E-state index in [1.165, 1.54) is 11.8 Å². The van der Waals surface area contributed by atoms with Crippen LogP contribution in [0.15, 0.2) is 52.1 Å². The molecular formula is C16H14BrN3O2S. The van der Waals surface area contributed by atoms with Gasteiger partial charge in [0.15, 0.2) is 5.16 Å². The van der Waals surface area contributed by atoms with Gasteiger partial charge >= 0.3 is 0 Å². The minimum absolute atomic E-state index is 0.0817. The van der Waals surface area contributed by atoms with Crippen molar-refractivity contribution in [2.24, 2.45) is 0 Å². The molecule has 0 aliphatic heterocycles. The summed E-state index contributed by atoms with van der Waals surface area (Å²) in [5, 5.41) is 3.57. The van der Waals surface area contributed by atoms with Crippen LogP contribution < -0.4 is 10.1 Å². The standard InChI is InChI=1S/C16H14BrN3O2S/c1-22-12-5-3-11(4-6-12)18-15(21)9-23-16-19-13-7-2-10(17)8-14(13)20-16/h2-8H,9H2,1H3,(H,18,21)(H,19,20). The number of rotatable bonds is 5. The summed E-state index contributed by atoms with van der Waals surface area (Å²) in [4.78, 5) is 19.6. The predicted octanol–water partition coefficient (Wildman–Crippen LogP) is 4.06. The lowest BCUT2D eigenvalue weighted by Crippen LogP contribution is -2.13. The first-order chi connectivity index (χ1) is 11.1. The zero-order chi connectivity index (χ0) is 16.2. The Morgan fingerprint density at radius 1 is 1.30 bits per heavy atom. The minimum atomic E-state index is -0.0817. The van der Waals surface area contributed by atoms with Crippen LogP contribution in [0.4, 0.5) is 5.69 Å². The third kappa shape index (κ3) is 4.05. The van der Waals surface area contributed by atoms with E-state index in [2.05, 4.69) is 31.2 Å². The van der Waals surface area contributed by atoms with Crippen molar-refractivity contribution in [3.8, 4) is 5.75 Å². The van der Waals surface area contributed by atoms with Crippen molar-refractivity contribution in [1.82, 2.24) is 9.97 Å². The molecular weight excluding hydrogens is 378 g/mol. The molecule has 0 spiro atoms. The number of H-pyrrole nitrogens is 1. The fourth-order valence-corrected chi connectivity index (χ4v) is 3.08. The number of carbonyl (C=O) groups excluding carboxylic acids is 1. The number of amides is 1. The van der Waals surface area contributed by atoms with Crippen molar-refractivity contribution < 1.29 is 9.53 Å². The highest BCUT2D eigenvalue weighted by molar-refractivity contribution is 9.10. The molecule has 5 nitrogen and oxygen atoms in total. The summed E-state index contributed by atoms with van der Waals surface area (Å²) in [6.07, 6.45) is 0. The number of imidazole rings is 1. The van der Waals surface area contributed by atoms with Gasteiger partial charge in [-0.05, 0) is 42.5 Å². The molecule has 1 aromatic heterocycles. The Labute approximate surface area is 146 Å². The number of aromatic amines is 1. The maximum Gasteiger partial charge on any atom is 0.234 e. The number of thioether (sulfide) groups is 1. The van der Waals surface area contributed by atoms with E-state index in [-0.39, 0.29) is 11.7 Å². The minimum Gasteiger partial charge on any atom is -0.497 e. The van der Waals surface area contributed by atoms with E-state index in [9.17, 15) is 4.79 Å². The monoisotopic (exact) mass is 391 g/mol. The second kappa shape index (κ2) is 7.06. The van der Waals surface area contributed by atoms with E-state index < -0.39 is 0 Å². The highest BCUT2D eigenvalue weighted by atomic mass is 79.9. The Morgan fingerprint density at radius 3 is 2.83 bits per heavy atom. The Hall–Kier alpha value is -1.99. The molecule has 0 radical (unpaired) electrons.